The summed E-state index contributed by atoms with van der Waals surface area (Å²) in [4.78, 5) is 0. The van der Waals surface area contributed by atoms with Gasteiger partial charge in [-0.3, -0.25) is 0 Å². The molecule has 1 heteroatoms. The molecule has 1 aromatic rings. The largest absolute Gasteiger partial charge is 0.385 e. The lowest BCUT2D eigenvalue weighted by molar-refractivity contribution is 0.293. The topological polar surface area (TPSA) is 12.0 Å². The summed E-state index contributed by atoms with van der Waals surface area (Å²) in [7, 11) is 0. The van der Waals surface area contributed by atoms with E-state index in [4.69, 9.17) is 0 Å². The number of anilines is 1. The van der Waals surface area contributed by atoms with Crippen LogP contribution in [0, 0.1) is 25.7 Å². The number of benzene rings is 1. The molecule has 0 aliphatic heterocycles. The molecular weight excluding hydrogens is 206 g/mol. The van der Waals surface area contributed by atoms with Crippen molar-refractivity contribution in [3.05, 3.63) is 29.3 Å². The quantitative estimate of drug-likeness (QED) is 0.805. The Hall–Kier alpha value is -0.980. The van der Waals surface area contributed by atoms with Crippen molar-refractivity contribution in [2.45, 2.75) is 46.5 Å². The van der Waals surface area contributed by atoms with Crippen LogP contribution in [0.4, 0.5) is 5.69 Å². The number of rotatable bonds is 3. The minimum Gasteiger partial charge on any atom is -0.385 e. The molecule has 1 nitrogen and oxygen atoms in total. The molecule has 94 valence electrons. The summed E-state index contributed by atoms with van der Waals surface area (Å²) in [5.41, 5.74) is 4.04. The van der Waals surface area contributed by atoms with E-state index in [0.29, 0.717) is 0 Å². The third kappa shape index (κ3) is 3.49. The maximum atomic E-state index is 3.60. The number of hydrogen-bond acceptors (Lipinski definition) is 1. The van der Waals surface area contributed by atoms with Gasteiger partial charge in [-0.1, -0.05) is 25.8 Å². The lowest BCUT2D eigenvalue weighted by Crippen LogP contribution is -2.21. The van der Waals surface area contributed by atoms with Gasteiger partial charge in [-0.25, -0.2) is 0 Å². The first-order chi connectivity index (χ1) is 8.15. The van der Waals surface area contributed by atoms with Gasteiger partial charge in [0.25, 0.3) is 0 Å². The molecule has 0 heterocycles. The molecular formula is C16H25N. The maximum Gasteiger partial charge on any atom is 0.0343 e. The Morgan fingerprint density at radius 2 is 2.00 bits per heavy atom. The summed E-state index contributed by atoms with van der Waals surface area (Å²) in [5, 5.41) is 3.60. The van der Waals surface area contributed by atoms with Gasteiger partial charge < -0.3 is 5.32 Å². The molecule has 1 N–H and O–H groups in total. The highest BCUT2D eigenvalue weighted by atomic mass is 14.9. The van der Waals surface area contributed by atoms with Gasteiger partial charge in [0.2, 0.25) is 0 Å². The van der Waals surface area contributed by atoms with Crippen LogP contribution in [0.3, 0.4) is 0 Å². The number of hydrogen-bond donors (Lipinski definition) is 1. The van der Waals surface area contributed by atoms with E-state index in [9.17, 15) is 0 Å². The lowest BCUT2D eigenvalue weighted by Gasteiger charge is -2.27. The third-order valence-corrected chi connectivity index (χ3v) is 4.15. The summed E-state index contributed by atoms with van der Waals surface area (Å²) in [5.74, 6) is 1.80. The second kappa shape index (κ2) is 5.57. The molecule has 1 fully saturated rings. The fourth-order valence-corrected chi connectivity index (χ4v) is 2.86. The molecule has 1 saturated carbocycles. The Morgan fingerprint density at radius 3 is 2.71 bits per heavy atom. The fraction of sp³-hybridized carbons (Fsp3) is 0.625. The van der Waals surface area contributed by atoms with Crippen LogP contribution < -0.4 is 5.32 Å². The lowest BCUT2D eigenvalue weighted by atomic mass is 9.82. The Kier molecular flexibility index (Phi) is 4.09. The highest BCUT2D eigenvalue weighted by Crippen LogP contribution is 2.28. The summed E-state index contributed by atoms with van der Waals surface area (Å²) in [6.45, 7) is 7.89. The average Bonchev–Trinajstić information content (AvgIpc) is 2.31. The molecule has 0 radical (unpaired) electrons. The molecule has 0 bridgehead atoms. The van der Waals surface area contributed by atoms with Gasteiger partial charge in [0.1, 0.15) is 0 Å². The van der Waals surface area contributed by atoms with Crippen molar-refractivity contribution < 1.29 is 0 Å². The zero-order valence-corrected chi connectivity index (χ0v) is 11.4. The normalized spacial score (nSPS) is 24.6. The Bertz CT molecular complexity index is 370. The van der Waals surface area contributed by atoms with E-state index in [1.165, 1.54) is 42.5 Å². The predicted molar refractivity (Wildman–Crippen MR) is 75.5 cm³/mol. The van der Waals surface area contributed by atoms with Crippen molar-refractivity contribution in [3.8, 4) is 0 Å². The molecule has 1 aromatic carbocycles. The van der Waals surface area contributed by atoms with Crippen LogP contribution in [0.15, 0.2) is 18.2 Å². The van der Waals surface area contributed by atoms with Gasteiger partial charge >= 0.3 is 0 Å². The molecule has 2 unspecified atom stereocenters. The Labute approximate surface area is 106 Å². The molecule has 0 spiro atoms. The SMILES string of the molecule is Cc1ccc(NCC2CCCC(C)C2)cc1C. The smallest absolute Gasteiger partial charge is 0.0343 e. The highest BCUT2D eigenvalue weighted by Gasteiger charge is 2.18. The van der Waals surface area contributed by atoms with Gasteiger partial charge in [-0.15, -0.1) is 0 Å². The van der Waals surface area contributed by atoms with E-state index in [2.05, 4.69) is 44.3 Å². The number of nitrogens with one attached hydrogen (secondary N) is 1. The van der Waals surface area contributed by atoms with E-state index in [0.717, 1.165) is 18.4 Å². The van der Waals surface area contributed by atoms with Crippen LogP contribution in [0.2, 0.25) is 0 Å². The van der Waals surface area contributed by atoms with Crippen LogP contribution in [-0.2, 0) is 0 Å². The summed E-state index contributed by atoms with van der Waals surface area (Å²) in [6, 6.07) is 6.68. The highest BCUT2D eigenvalue weighted by molar-refractivity contribution is 5.48. The zero-order valence-electron chi connectivity index (χ0n) is 11.4. The van der Waals surface area contributed by atoms with E-state index < -0.39 is 0 Å². The van der Waals surface area contributed by atoms with E-state index in [1.54, 1.807) is 0 Å². The molecule has 0 amide bonds. The first-order valence-corrected chi connectivity index (χ1v) is 6.96. The van der Waals surface area contributed by atoms with E-state index in [-0.39, 0.29) is 0 Å². The van der Waals surface area contributed by atoms with Crippen LogP contribution in [-0.4, -0.2) is 6.54 Å². The monoisotopic (exact) mass is 231 g/mol. The van der Waals surface area contributed by atoms with Gasteiger partial charge in [-0.05, 0) is 61.8 Å². The van der Waals surface area contributed by atoms with Gasteiger partial charge in [0, 0.05) is 12.2 Å². The molecule has 0 aromatic heterocycles. The standard InChI is InChI=1S/C16H25N/c1-12-5-4-6-15(9-12)11-17-16-8-7-13(2)14(3)10-16/h7-8,10,12,15,17H,4-6,9,11H2,1-3H3. The van der Waals surface area contributed by atoms with Crippen molar-refractivity contribution >= 4 is 5.69 Å². The molecule has 0 saturated heterocycles. The third-order valence-electron chi connectivity index (χ3n) is 4.15. The van der Waals surface area contributed by atoms with Crippen molar-refractivity contribution in [3.63, 3.8) is 0 Å². The Morgan fingerprint density at radius 1 is 1.18 bits per heavy atom. The zero-order chi connectivity index (χ0) is 12.3. The van der Waals surface area contributed by atoms with Crippen LogP contribution in [0.1, 0.15) is 43.7 Å². The predicted octanol–water partition coefficient (Wildman–Crippen LogP) is 4.54. The molecule has 2 atom stereocenters. The molecule has 1 aliphatic carbocycles. The second-order valence-electron chi connectivity index (χ2n) is 5.82. The van der Waals surface area contributed by atoms with Gasteiger partial charge in [0.05, 0.1) is 0 Å². The Balaban J connectivity index is 1.86. The van der Waals surface area contributed by atoms with E-state index >= 15 is 0 Å². The van der Waals surface area contributed by atoms with E-state index in [1.807, 2.05) is 0 Å². The van der Waals surface area contributed by atoms with Crippen molar-refractivity contribution in [1.29, 1.82) is 0 Å². The number of aryl methyl sites for hydroxylation is 2. The first-order valence-electron chi connectivity index (χ1n) is 6.96. The van der Waals surface area contributed by atoms with Gasteiger partial charge in [-0.2, -0.15) is 0 Å². The summed E-state index contributed by atoms with van der Waals surface area (Å²) < 4.78 is 0. The minimum absolute atomic E-state index is 0.875. The second-order valence-corrected chi connectivity index (χ2v) is 5.82. The van der Waals surface area contributed by atoms with Crippen molar-refractivity contribution in [2.75, 3.05) is 11.9 Å². The van der Waals surface area contributed by atoms with Gasteiger partial charge in [0.15, 0.2) is 0 Å². The van der Waals surface area contributed by atoms with Crippen LogP contribution >= 0.6 is 0 Å². The minimum atomic E-state index is 0.875. The summed E-state index contributed by atoms with van der Waals surface area (Å²) >= 11 is 0. The average molecular weight is 231 g/mol. The van der Waals surface area contributed by atoms with Crippen molar-refractivity contribution in [2.24, 2.45) is 11.8 Å². The van der Waals surface area contributed by atoms with Crippen molar-refractivity contribution in [1.82, 2.24) is 0 Å². The van der Waals surface area contributed by atoms with Crippen LogP contribution in [0.5, 0.6) is 0 Å². The van der Waals surface area contributed by atoms with Crippen LogP contribution in [0.25, 0.3) is 0 Å². The maximum absolute atomic E-state index is 3.60. The molecule has 17 heavy (non-hydrogen) atoms. The molecule has 1 aliphatic rings. The first kappa shape index (κ1) is 12.5. The summed E-state index contributed by atoms with van der Waals surface area (Å²) in [6.07, 6.45) is 5.65. The fourth-order valence-electron chi connectivity index (χ4n) is 2.86. The molecule has 2 rings (SSSR count).